The first-order valence-corrected chi connectivity index (χ1v) is 6.40. The summed E-state index contributed by atoms with van der Waals surface area (Å²) in [5.74, 6) is -1.71. The molecule has 1 saturated heterocycles. The molecule has 0 aliphatic carbocycles. The molecular weight excluding hydrogens is 284 g/mol. The van der Waals surface area contributed by atoms with Gasteiger partial charge in [0.2, 0.25) is 4.91 Å². The van der Waals surface area contributed by atoms with Crippen LogP contribution in [-0.4, -0.2) is 55.8 Å². The number of hydrogen-bond donors (Lipinski definition) is 1. The minimum Gasteiger partial charge on any atom is -0.378 e. The number of rotatable bonds is 10. The lowest BCUT2D eigenvalue weighted by molar-refractivity contribution is -0.198. The number of hydrogen-bond acceptors (Lipinski definition) is 8. The second-order valence-corrected chi connectivity index (χ2v) is 3.98. The van der Waals surface area contributed by atoms with Crippen molar-refractivity contribution >= 4 is 17.8 Å². The molecule has 0 aromatic heterocycles. The number of carbonyl (C=O) groups excluding carboxylic acids is 3. The first-order chi connectivity index (χ1) is 10.1. The Kier molecular flexibility index (Phi) is 7.80. The molecule has 0 saturated carbocycles. The Morgan fingerprint density at radius 3 is 2.38 bits per heavy atom. The molecule has 0 atom stereocenters. The molecule has 0 bridgehead atoms. The van der Waals surface area contributed by atoms with Gasteiger partial charge in [0.25, 0.3) is 11.8 Å². The van der Waals surface area contributed by atoms with E-state index in [-0.39, 0.29) is 32.5 Å². The van der Waals surface area contributed by atoms with Gasteiger partial charge in [0, 0.05) is 12.8 Å². The highest BCUT2D eigenvalue weighted by Gasteiger charge is 2.32. The van der Waals surface area contributed by atoms with Crippen molar-refractivity contribution < 1.29 is 28.7 Å². The third-order valence-electron chi connectivity index (χ3n) is 2.43. The van der Waals surface area contributed by atoms with Crippen LogP contribution in [0.25, 0.3) is 0 Å². The van der Waals surface area contributed by atoms with E-state index in [9.17, 15) is 14.4 Å². The number of nitrogens with one attached hydrogen (secondary N) is 1. The molecule has 0 aromatic carbocycles. The van der Waals surface area contributed by atoms with Crippen molar-refractivity contribution in [3.05, 3.63) is 0 Å². The van der Waals surface area contributed by atoms with Crippen LogP contribution in [0, 0.1) is 5.53 Å². The van der Waals surface area contributed by atoms with Crippen molar-refractivity contribution in [1.82, 2.24) is 9.97 Å². The van der Waals surface area contributed by atoms with Crippen molar-refractivity contribution in [2.24, 2.45) is 5.11 Å². The number of nitrogens with zero attached hydrogens (tertiary/aromatic N) is 3. The average Bonchev–Trinajstić information content (AvgIpc) is 2.77. The van der Waals surface area contributed by atoms with Gasteiger partial charge in [-0.25, -0.2) is 4.79 Å². The SMILES string of the molecule is N=[N+]=NCCOCCOCCC(=O)ON1C(=O)CCC1=O. The van der Waals surface area contributed by atoms with Gasteiger partial charge in [0.15, 0.2) is 0 Å². The molecule has 116 valence electrons. The van der Waals surface area contributed by atoms with Crippen LogP contribution in [0.3, 0.4) is 0 Å². The standard InChI is InChI=1S/C11H17N4O6/c12-14-13-4-6-20-8-7-19-5-3-11(18)21-15-9(16)1-2-10(15)17/h12H,1-8H2/q+1. The molecular formula is C11H17N4O6+. The summed E-state index contributed by atoms with van der Waals surface area (Å²) in [7, 11) is 0. The fourth-order valence-corrected chi connectivity index (χ4v) is 1.44. The zero-order chi connectivity index (χ0) is 15.5. The van der Waals surface area contributed by atoms with Gasteiger partial charge in [0.1, 0.15) is 17.2 Å². The van der Waals surface area contributed by atoms with Gasteiger partial charge in [0.05, 0.1) is 32.8 Å². The second-order valence-electron chi connectivity index (χ2n) is 3.98. The summed E-state index contributed by atoms with van der Waals surface area (Å²) >= 11 is 0. The van der Waals surface area contributed by atoms with E-state index in [1.165, 1.54) is 0 Å². The first kappa shape index (κ1) is 16.9. The molecule has 21 heavy (non-hydrogen) atoms. The van der Waals surface area contributed by atoms with E-state index >= 15 is 0 Å². The first-order valence-electron chi connectivity index (χ1n) is 6.40. The Balaban J connectivity index is 2.00. The highest BCUT2D eigenvalue weighted by atomic mass is 16.7. The zero-order valence-corrected chi connectivity index (χ0v) is 11.4. The van der Waals surface area contributed by atoms with Gasteiger partial charge in [-0.1, -0.05) is 0 Å². The van der Waals surface area contributed by atoms with E-state index in [0.717, 1.165) is 0 Å². The fourth-order valence-electron chi connectivity index (χ4n) is 1.44. The highest BCUT2D eigenvalue weighted by Crippen LogP contribution is 2.12. The lowest BCUT2D eigenvalue weighted by atomic mass is 10.4. The summed E-state index contributed by atoms with van der Waals surface area (Å²) in [6.45, 7) is 1.37. The molecule has 0 unspecified atom stereocenters. The summed E-state index contributed by atoms with van der Waals surface area (Å²) in [5.41, 5.74) is 6.41. The second kappa shape index (κ2) is 9.70. The molecule has 10 nitrogen and oxygen atoms in total. The normalized spacial score (nSPS) is 14.2. The average molecular weight is 301 g/mol. The minimum absolute atomic E-state index is 0.0654. The molecule has 1 rings (SSSR count). The van der Waals surface area contributed by atoms with E-state index in [2.05, 4.69) is 14.9 Å². The molecule has 0 aromatic rings. The van der Waals surface area contributed by atoms with E-state index in [1.54, 1.807) is 0 Å². The molecule has 1 aliphatic rings. The van der Waals surface area contributed by atoms with E-state index < -0.39 is 17.8 Å². The van der Waals surface area contributed by atoms with Crippen LogP contribution < -0.4 is 4.91 Å². The molecule has 2 amide bonds. The van der Waals surface area contributed by atoms with Gasteiger partial charge in [-0.3, -0.25) is 9.59 Å². The Bertz CT molecular complexity index is 418. The molecule has 10 heteroatoms. The Morgan fingerprint density at radius 1 is 1.14 bits per heavy atom. The molecule has 0 spiro atoms. The number of ether oxygens (including phenoxy) is 2. The van der Waals surface area contributed by atoms with Gasteiger partial charge >= 0.3 is 5.97 Å². The van der Waals surface area contributed by atoms with Crippen LogP contribution in [0.4, 0.5) is 0 Å². The van der Waals surface area contributed by atoms with Gasteiger partial charge in [-0.05, 0) is 0 Å². The minimum atomic E-state index is -0.699. The molecule has 1 aliphatic heterocycles. The van der Waals surface area contributed by atoms with Crippen LogP contribution in [0.1, 0.15) is 19.3 Å². The zero-order valence-electron chi connectivity index (χ0n) is 11.4. The summed E-state index contributed by atoms with van der Waals surface area (Å²) in [4.78, 5) is 41.2. The van der Waals surface area contributed by atoms with Gasteiger partial charge in [-0.15, -0.1) is 5.06 Å². The predicted octanol–water partition coefficient (Wildman–Crippen LogP) is -0.433. The Hall–Kier alpha value is -2.16. The smallest absolute Gasteiger partial charge is 0.335 e. The lowest BCUT2D eigenvalue weighted by Crippen LogP contribution is -2.32. The summed E-state index contributed by atoms with van der Waals surface area (Å²) in [6, 6.07) is 0. The summed E-state index contributed by atoms with van der Waals surface area (Å²) in [6.07, 6.45) is 0.0730. The van der Waals surface area contributed by atoms with Crippen molar-refractivity contribution in [3.8, 4) is 0 Å². The topological polar surface area (TPSA) is 132 Å². The Labute approximate surface area is 120 Å². The van der Waals surface area contributed by atoms with Crippen LogP contribution in [0.5, 0.6) is 0 Å². The Morgan fingerprint density at radius 2 is 1.76 bits per heavy atom. The highest BCUT2D eigenvalue weighted by molar-refractivity contribution is 6.01. The van der Waals surface area contributed by atoms with Crippen LogP contribution in [0.2, 0.25) is 0 Å². The van der Waals surface area contributed by atoms with Crippen LogP contribution >= 0.6 is 0 Å². The molecule has 1 heterocycles. The van der Waals surface area contributed by atoms with Crippen molar-refractivity contribution in [2.45, 2.75) is 19.3 Å². The number of hydroxylamine groups is 2. The molecule has 1 N–H and O–H groups in total. The van der Waals surface area contributed by atoms with E-state index in [4.69, 9.17) is 15.0 Å². The lowest BCUT2D eigenvalue weighted by Gasteiger charge is -2.12. The van der Waals surface area contributed by atoms with Crippen molar-refractivity contribution in [3.63, 3.8) is 0 Å². The maximum Gasteiger partial charge on any atom is 0.335 e. The van der Waals surface area contributed by atoms with Crippen LogP contribution in [-0.2, 0) is 28.7 Å². The number of imide groups is 1. The molecule has 1 fully saturated rings. The molecule has 0 radical (unpaired) electrons. The van der Waals surface area contributed by atoms with Gasteiger partial charge < -0.3 is 14.3 Å². The monoisotopic (exact) mass is 301 g/mol. The maximum absolute atomic E-state index is 11.4. The van der Waals surface area contributed by atoms with E-state index in [0.29, 0.717) is 24.8 Å². The van der Waals surface area contributed by atoms with Crippen LogP contribution in [0.15, 0.2) is 5.11 Å². The summed E-state index contributed by atoms with van der Waals surface area (Å²) < 4.78 is 10.2. The predicted molar refractivity (Wildman–Crippen MR) is 65.6 cm³/mol. The third-order valence-corrected chi connectivity index (χ3v) is 2.43. The quantitative estimate of drug-likeness (QED) is 0.252. The maximum atomic E-state index is 11.4. The third kappa shape index (κ3) is 6.70. The summed E-state index contributed by atoms with van der Waals surface area (Å²) in [5, 5.41) is 3.90. The van der Waals surface area contributed by atoms with Crippen molar-refractivity contribution in [1.29, 1.82) is 5.53 Å². The largest absolute Gasteiger partial charge is 0.378 e. The van der Waals surface area contributed by atoms with Gasteiger partial charge in [-0.2, -0.15) is 0 Å². The fraction of sp³-hybridized carbons (Fsp3) is 0.727. The van der Waals surface area contributed by atoms with E-state index in [1.807, 2.05) is 0 Å². The number of carbonyl (C=O) groups is 3. The number of amides is 2. The van der Waals surface area contributed by atoms with Crippen molar-refractivity contribution in [2.75, 3.05) is 33.0 Å².